The second kappa shape index (κ2) is 8.66. The zero-order chi connectivity index (χ0) is 23.9. The van der Waals surface area contributed by atoms with Gasteiger partial charge in [0.1, 0.15) is 5.56 Å². The molecule has 10 heteroatoms. The molecule has 2 heterocycles. The van der Waals surface area contributed by atoms with Crippen LogP contribution in [-0.4, -0.2) is 42.2 Å². The number of fused-ring (bicyclic) bond motifs is 1. The molecule has 1 aliphatic carbocycles. The molecule has 0 unspecified atom stereocenters. The second-order valence-electron chi connectivity index (χ2n) is 8.56. The van der Waals surface area contributed by atoms with Gasteiger partial charge in [-0.1, -0.05) is 19.1 Å². The summed E-state index contributed by atoms with van der Waals surface area (Å²) in [4.78, 5) is 40.2. The number of ether oxygens (including phenoxy) is 1. The highest BCUT2D eigenvalue weighted by Crippen LogP contribution is 2.39. The number of halogens is 3. The highest BCUT2D eigenvalue weighted by Gasteiger charge is 2.43. The highest BCUT2D eigenvalue weighted by atomic mass is 19.4. The van der Waals surface area contributed by atoms with Gasteiger partial charge < -0.3 is 20.4 Å². The number of nitrogens with two attached hydrogens (primary N) is 1. The first-order valence-corrected chi connectivity index (χ1v) is 10.8. The number of alkyl halides is 3. The van der Waals surface area contributed by atoms with E-state index >= 15 is 0 Å². The molecule has 1 saturated carbocycles. The minimum Gasteiger partial charge on any atom is -0.382 e. The van der Waals surface area contributed by atoms with Crippen molar-refractivity contribution in [2.24, 2.45) is 17.6 Å². The maximum atomic E-state index is 12.4. The molecular formula is C23H24F3N3O4. The minimum absolute atomic E-state index is 0.244. The molecule has 2 aromatic rings. The van der Waals surface area contributed by atoms with Crippen LogP contribution in [0.15, 0.2) is 35.1 Å². The van der Waals surface area contributed by atoms with Crippen molar-refractivity contribution in [1.29, 1.82) is 0 Å². The molecule has 2 aliphatic rings. The molecule has 7 nitrogen and oxygen atoms in total. The topological polar surface area (TPSA) is 105 Å². The molecule has 0 radical (unpaired) electrons. The van der Waals surface area contributed by atoms with E-state index in [0.29, 0.717) is 35.1 Å². The van der Waals surface area contributed by atoms with Crippen LogP contribution in [0.5, 0.6) is 0 Å². The zero-order valence-electron chi connectivity index (χ0n) is 17.9. The van der Waals surface area contributed by atoms with Crippen LogP contribution in [0.3, 0.4) is 0 Å². The number of aromatic amines is 1. The first-order valence-electron chi connectivity index (χ1n) is 10.8. The van der Waals surface area contributed by atoms with Crippen LogP contribution in [0.2, 0.25) is 0 Å². The van der Waals surface area contributed by atoms with Crippen LogP contribution in [0, 0.1) is 11.8 Å². The average Bonchev–Trinajstić information content (AvgIpc) is 3.35. The van der Waals surface area contributed by atoms with Crippen molar-refractivity contribution in [1.82, 2.24) is 4.98 Å². The van der Waals surface area contributed by atoms with Crippen molar-refractivity contribution in [2.75, 3.05) is 18.0 Å². The molecule has 0 spiro atoms. The Bertz CT molecular complexity index is 1130. The van der Waals surface area contributed by atoms with Crippen LogP contribution in [0.4, 0.5) is 18.9 Å². The Balaban J connectivity index is 1.55. The van der Waals surface area contributed by atoms with Gasteiger partial charge in [-0.15, -0.1) is 0 Å². The van der Waals surface area contributed by atoms with Crippen molar-refractivity contribution >= 4 is 17.6 Å². The zero-order valence-corrected chi connectivity index (χ0v) is 17.9. The van der Waals surface area contributed by atoms with Crippen LogP contribution >= 0.6 is 0 Å². The molecule has 1 aliphatic heterocycles. The van der Waals surface area contributed by atoms with Crippen LogP contribution in [-0.2, 0) is 16.0 Å². The lowest BCUT2D eigenvalue weighted by Crippen LogP contribution is -2.30. The molecule has 3 atom stereocenters. The summed E-state index contributed by atoms with van der Waals surface area (Å²) in [7, 11) is 0. The number of nitrogens with zero attached hydrogens (tertiary/aromatic N) is 1. The number of hydrogen-bond donors (Lipinski definition) is 2. The lowest BCUT2D eigenvalue weighted by Gasteiger charge is -2.21. The highest BCUT2D eigenvalue weighted by molar-refractivity contribution is 5.98. The summed E-state index contributed by atoms with van der Waals surface area (Å²) >= 11 is 0. The number of anilines is 1. The summed E-state index contributed by atoms with van der Waals surface area (Å²) in [6, 6.07) is 9.00. The maximum Gasteiger partial charge on any atom is 0.491 e. The van der Waals surface area contributed by atoms with E-state index in [9.17, 15) is 27.6 Å². The standard InChI is InChI=1S/C23H24F3N3O4/c1-2-12-9-16(21(31)33-22(32)23(24,25)26)20(30)28-19(12)13-3-6-15(7-4-13)29-10-14-5-8-18(27)17(14)11-29/h3-4,6-7,9,14,17-18H,2,5,8,10-11,27H2,1H3,(H,28,30)/t14-,17+,18+/m1/s1. The van der Waals surface area contributed by atoms with Crippen LogP contribution < -0.4 is 16.2 Å². The van der Waals surface area contributed by atoms with Gasteiger partial charge in [-0.25, -0.2) is 9.59 Å². The summed E-state index contributed by atoms with van der Waals surface area (Å²) in [5.41, 5.74) is 7.33. The Hall–Kier alpha value is -3.14. The fourth-order valence-corrected chi connectivity index (χ4v) is 4.82. The van der Waals surface area contributed by atoms with Gasteiger partial charge in [0, 0.05) is 24.8 Å². The van der Waals surface area contributed by atoms with E-state index in [1.165, 1.54) is 0 Å². The first kappa shape index (κ1) is 23.0. The van der Waals surface area contributed by atoms with Gasteiger partial charge in [0.25, 0.3) is 5.56 Å². The number of aryl methyl sites for hydroxylation is 1. The molecule has 4 rings (SSSR count). The van der Waals surface area contributed by atoms with Gasteiger partial charge in [0.05, 0.1) is 5.69 Å². The molecular weight excluding hydrogens is 439 g/mol. The van der Waals surface area contributed by atoms with E-state index in [-0.39, 0.29) is 6.04 Å². The summed E-state index contributed by atoms with van der Waals surface area (Å²) < 4.78 is 40.9. The third-order valence-electron chi connectivity index (χ3n) is 6.57. The number of benzene rings is 1. The van der Waals surface area contributed by atoms with Crippen molar-refractivity contribution < 1.29 is 27.5 Å². The van der Waals surface area contributed by atoms with Gasteiger partial charge in [0.15, 0.2) is 0 Å². The Morgan fingerprint density at radius 2 is 1.88 bits per heavy atom. The van der Waals surface area contributed by atoms with Crippen LogP contribution in [0.1, 0.15) is 35.7 Å². The lowest BCUT2D eigenvalue weighted by molar-refractivity contribution is -0.193. The largest absolute Gasteiger partial charge is 0.491 e. The number of nitrogens with one attached hydrogen (secondary N) is 1. The van der Waals surface area contributed by atoms with E-state index in [0.717, 1.165) is 37.7 Å². The molecule has 1 aromatic carbocycles. The third kappa shape index (κ3) is 4.52. The third-order valence-corrected chi connectivity index (χ3v) is 6.57. The number of pyridine rings is 1. The minimum atomic E-state index is -5.34. The van der Waals surface area contributed by atoms with Gasteiger partial charge in [-0.05, 0) is 60.4 Å². The number of aromatic nitrogens is 1. The summed E-state index contributed by atoms with van der Waals surface area (Å²) in [5.74, 6) is -3.20. The maximum absolute atomic E-state index is 12.4. The number of esters is 2. The summed E-state index contributed by atoms with van der Waals surface area (Å²) in [6.07, 6.45) is -2.74. The monoisotopic (exact) mass is 463 g/mol. The van der Waals surface area contributed by atoms with Crippen molar-refractivity contribution in [2.45, 2.75) is 38.4 Å². The number of hydrogen-bond acceptors (Lipinski definition) is 6. The van der Waals surface area contributed by atoms with Gasteiger partial charge >= 0.3 is 18.1 Å². The van der Waals surface area contributed by atoms with E-state index < -0.39 is 29.2 Å². The number of rotatable bonds is 4. The molecule has 176 valence electrons. The van der Waals surface area contributed by atoms with E-state index in [1.807, 2.05) is 24.3 Å². The quantitative estimate of drug-likeness (QED) is 0.534. The van der Waals surface area contributed by atoms with E-state index in [4.69, 9.17) is 5.73 Å². The van der Waals surface area contributed by atoms with E-state index in [1.54, 1.807) is 6.92 Å². The van der Waals surface area contributed by atoms with Gasteiger partial charge in [-0.2, -0.15) is 13.2 Å². The number of H-pyrrole nitrogens is 1. The summed E-state index contributed by atoms with van der Waals surface area (Å²) in [6.45, 7) is 3.64. The number of carbonyl (C=O) groups is 2. The Morgan fingerprint density at radius 3 is 2.48 bits per heavy atom. The molecule has 2 fully saturated rings. The van der Waals surface area contributed by atoms with Crippen LogP contribution in [0.25, 0.3) is 11.3 Å². The predicted octanol–water partition coefficient (Wildman–Crippen LogP) is 3.02. The van der Waals surface area contributed by atoms with Crippen molar-refractivity contribution in [3.05, 3.63) is 51.8 Å². The summed E-state index contributed by atoms with van der Waals surface area (Å²) in [5, 5.41) is 0. The number of carbonyl (C=O) groups excluding carboxylic acids is 2. The predicted molar refractivity (Wildman–Crippen MR) is 115 cm³/mol. The molecule has 3 N–H and O–H groups in total. The Labute approximate surface area is 187 Å². The lowest BCUT2D eigenvalue weighted by atomic mass is 9.98. The fourth-order valence-electron chi connectivity index (χ4n) is 4.82. The van der Waals surface area contributed by atoms with Crippen molar-refractivity contribution in [3.8, 4) is 11.3 Å². The molecule has 33 heavy (non-hydrogen) atoms. The normalized spacial score (nSPS) is 22.3. The average molecular weight is 463 g/mol. The van der Waals surface area contributed by atoms with Gasteiger partial charge in [0.2, 0.25) is 0 Å². The fraction of sp³-hybridized carbons (Fsp3) is 0.435. The molecule has 1 saturated heterocycles. The van der Waals surface area contributed by atoms with Gasteiger partial charge in [-0.3, -0.25) is 4.79 Å². The second-order valence-corrected chi connectivity index (χ2v) is 8.56. The first-order chi connectivity index (χ1) is 15.6. The smallest absolute Gasteiger partial charge is 0.382 e. The molecule has 1 aromatic heterocycles. The Morgan fingerprint density at radius 1 is 1.18 bits per heavy atom. The molecule has 0 amide bonds. The van der Waals surface area contributed by atoms with E-state index in [2.05, 4.69) is 14.6 Å². The Kier molecular flexibility index (Phi) is 6.04. The van der Waals surface area contributed by atoms with Crippen molar-refractivity contribution in [3.63, 3.8) is 0 Å². The molecule has 0 bridgehead atoms. The SMILES string of the molecule is CCc1cc(C(=O)OC(=O)C(F)(F)F)c(=O)[nH]c1-c1ccc(N2C[C@H]3CC[C@H](N)[C@H]3C2)cc1.